The van der Waals surface area contributed by atoms with E-state index in [0.29, 0.717) is 0 Å². The van der Waals surface area contributed by atoms with Crippen LogP contribution >= 0.6 is 0 Å². The molecule has 0 aliphatic rings. The van der Waals surface area contributed by atoms with Crippen molar-refractivity contribution < 1.29 is 39.2 Å². The van der Waals surface area contributed by atoms with Crippen LogP contribution in [0.25, 0.3) is 5.73 Å². The van der Waals surface area contributed by atoms with Gasteiger partial charge in [-0.15, -0.1) is 0 Å². The zero-order valence-electron chi connectivity index (χ0n) is 10.6. The van der Waals surface area contributed by atoms with Crippen LogP contribution in [0.15, 0.2) is 0 Å². The molecular weight excluding hydrogens is 404 g/mol. The van der Waals surface area contributed by atoms with Gasteiger partial charge >= 0.3 is 6.09 Å². The molecule has 2 N–H and O–H groups in total. The van der Waals surface area contributed by atoms with Gasteiger partial charge in [0, 0.05) is 26.1 Å². The first-order valence-electron chi connectivity index (χ1n) is 4.96. The molecule has 0 aromatic heterocycles. The van der Waals surface area contributed by atoms with Gasteiger partial charge in [0.1, 0.15) is 5.60 Å². The van der Waals surface area contributed by atoms with Crippen LogP contribution in [-0.4, -0.2) is 36.9 Å². The van der Waals surface area contributed by atoms with Crippen molar-refractivity contribution in [3.8, 4) is 0 Å². The monoisotopic (exact) mass is 424 g/mol. The number of esters is 1. The Hall–Kier alpha value is -0.651. The number of ether oxygens (including phenoxy) is 2. The molecule has 0 aliphatic carbocycles. The van der Waals surface area contributed by atoms with Crippen LogP contribution in [0.5, 0.6) is 0 Å². The van der Waals surface area contributed by atoms with Gasteiger partial charge in [0.05, 0.1) is 7.11 Å². The summed E-state index contributed by atoms with van der Waals surface area (Å²) in [6.45, 7) is 6.74. The first kappa shape index (κ1) is 18.7. The van der Waals surface area contributed by atoms with Gasteiger partial charge in [-0.3, -0.25) is 4.79 Å². The van der Waals surface area contributed by atoms with Crippen molar-refractivity contribution in [2.45, 2.75) is 45.4 Å². The predicted octanol–water partition coefficient (Wildman–Crippen LogP) is 1.49. The summed E-state index contributed by atoms with van der Waals surface area (Å²) in [5, 5.41) is 2.40. The van der Waals surface area contributed by atoms with E-state index in [1.807, 2.05) is 0 Å². The molecule has 2 unspecified atom stereocenters. The SMILES string of the molecule is COC(=O)C([NH-])C(C)NC(=O)OC(C)(C)C.[Ir]. The maximum Gasteiger partial charge on any atom is 0.407 e. The molecule has 6 nitrogen and oxygen atoms in total. The fourth-order valence-electron chi connectivity index (χ4n) is 0.908. The van der Waals surface area contributed by atoms with E-state index in [2.05, 4.69) is 10.1 Å². The zero-order chi connectivity index (χ0) is 12.9. The minimum Gasteiger partial charge on any atom is -0.664 e. The average Bonchev–Trinajstić information content (AvgIpc) is 2.12. The fourth-order valence-corrected chi connectivity index (χ4v) is 0.908. The first-order chi connectivity index (χ1) is 7.17. The normalized spacial score (nSPS) is 14.0. The number of hydrogen-bond donors (Lipinski definition) is 1. The third kappa shape index (κ3) is 8.12. The Balaban J connectivity index is 0. The number of nitrogens with one attached hydrogen (secondary N) is 2. The summed E-state index contributed by atoms with van der Waals surface area (Å²) in [5.74, 6) is -0.691. The van der Waals surface area contributed by atoms with Gasteiger partial charge in [-0.25, -0.2) is 4.79 Å². The van der Waals surface area contributed by atoms with Crippen molar-refractivity contribution in [2.75, 3.05) is 7.11 Å². The molecule has 0 aromatic carbocycles. The largest absolute Gasteiger partial charge is 0.664 e. The summed E-state index contributed by atoms with van der Waals surface area (Å²) in [4.78, 5) is 22.3. The van der Waals surface area contributed by atoms with Crippen LogP contribution in [0.3, 0.4) is 0 Å². The molecule has 0 fully saturated rings. The zero-order valence-corrected chi connectivity index (χ0v) is 13.0. The van der Waals surface area contributed by atoms with Gasteiger partial charge in [0.2, 0.25) is 0 Å². The Morgan fingerprint density at radius 2 is 1.76 bits per heavy atom. The third-order valence-electron chi connectivity index (χ3n) is 1.70. The number of amides is 1. The van der Waals surface area contributed by atoms with E-state index in [1.54, 1.807) is 27.7 Å². The minimum atomic E-state index is -1.16. The molecule has 0 saturated heterocycles. The molecule has 0 heterocycles. The molecule has 1 radical (unpaired) electrons. The van der Waals surface area contributed by atoms with Crippen LogP contribution in [0.4, 0.5) is 4.79 Å². The quantitative estimate of drug-likeness (QED) is 0.697. The fraction of sp³-hybridized carbons (Fsp3) is 0.800. The molecule has 103 valence electrons. The smallest absolute Gasteiger partial charge is 0.407 e. The Bertz CT molecular complexity index is 266. The van der Waals surface area contributed by atoms with E-state index in [4.69, 9.17) is 10.5 Å². The van der Waals surface area contributed by atoms with Gasteiger partial charge in [-0.1, -0.05) is 0 Å². The Morgan fingerprint density at radius 3 is 2.12 bits per heavy atom. The molecule has 0 aromatic rings. The van der Waals surface area contributed by atoms with E-state index < -0.39 is 29.7 Å². The van der Waals surface area contributed by atoms with Crippen LogP contribution in [0.1, 0.15) is 27.7 Å². The van der Waals surface area contributed by atoms with Gasteiger partial charge in [-0.2, -0.15) is 0 Å². The van der Waals surface area contributed by atoms with E-state index in [0.717, 1.165) is 0 Å². The number of alkyl carbamates (subject to hydrolysis) is 1. The second kappa shape index (κ2) is 7.63. The number of methoxy groups -OCH3 is 1. The Morgan fingerprint density at radius 1 is 1.29 bits per heavy atom. The molecule has 0 bridgehead atoms. The Kier molecular flexibility index (Phi) is 8.40. The summed E-state index contributed by atoms with van der Waals surface area (Å²) in [5.41, 5.74) is 6.86. The molecule has 0 spiro atoms. The maximum atomic E-state index is 11.3. The van der Waals surface area contributed by atoms with Gasteiger partial charge in [-0.05, 0) is 33.7 Å². The molecule has 0 rings (SSSR count). The summed E-state index contributed by atoms with van der Waals surface area (Å²) < 4.78 is 9.38. The standard InChI is InChI=1S/C10H19N2O4.Ir/c1-6(7(11)8(13)15-5)12-9(14)16-10(2,3)4;/h6-7,11H,1-5H3,(H,12,14);/q-1;. The minimum absolute atomic E-state index is 0. The summed E-state index contributed by atoms with van der Waals surface area (Å²) in [6, 6.07) is -1.82. The van der Waals surface area contributed by atoms with Gasteiger partial charge in [0.25, 0.3) is 5.97 Å². The Labute approximate surface area is 115 Å². The molecule has 0 saturated carbocycles. The number of carbonyl (C=O) groups excluding carboxylic acids is 2. The molecular formula is C10H19IrN2O4-. The van der Waals surface area contributed by atoms with Crippen molar-refractivity contribution in [3.63, 3.8) is 0 Å². The molecule has 0 aliphatic heterocycles. The molecule has 7 heteroatoms. The number of rotatable bonds is 3. The van der Waals surface area contributed by atoms with E-state index in [9.17, 15) is 9.59 Å². The predicted molar refractivity (Wildman–Crippen MR) is 59.0 cm³/mol. The van der Waals surface area contributed by atoms with E-state index in [-0.39, 0.29) is 20.1 Å². The molecule has 2 atom stereocenters. The van der Waals surface area contributed by atoms with Crippen molar-refractivity contribution in [1.29, 1.82) is 0 Å². The summed E-state index contributed by atoms with van der Waals surface area (Å²) in [6.07, 6.45) is -0.652. The van der Waals surface area contributed by atoms with E-state index in [1.165, 1.54) is 7.11 Å². The van der Waals surface area contributed by atoms with E-state index >= 15 is 0 Å². The topological polar surface area (TPSA) is 88.4 Å². The summed E-state index contributed by atoms with van der Waals surface area (Å²) >= 11 is 0. The summed E-state index contributed by atoms with van der Waals surface area (Å²) in [7, 11) is 1.20. The second-order valence-corrected chi connectivity index (χ2v) is 4.44. The molecule has 17 heavy (non-hydrogen) atoms. The average molecular weight is 423 g/mol. The van der Waals surface area contributed by atoms with Crippen molar-refractivity contribution >= 4 is 12.1 Å². The maximum absolute atomic E-state index is 11.3. The molecule has 1 amide bonds. The third-order valence-corrected chi connectivity index (χ3v) is 1.70. The van der Waals surface area contributed by atoms with Crippen LogP contribution < -0.4 is 5.32 Å². The van der Waals surface area contributed by atoms with Crippen LogP contribution in [-0.2, 0) is 34.4 Å². The van der Waals surface area contributed by atoms with Crippen LogP contribution in [0.2, 0.25) is 0 Å². The first-order valence-corrected chi connectivity index (χ1v) is 4.96. The van der Waals surface area contributed by atoms with Crippen LogP contribution in [0, 0.1) is 0 Å². The van der Waals surface area contributed by atoms with Crippen molar-refractivity contribution in [1.82, 2.24) is 5.32 Å². The second-order valence-electron chi connectivity index (χ2n) is 4.44. The van der Waals surface area contributed by atoms with Crippen molar-refractivity contribution in [2.24, 2.45) is 0 Å². The van der Waals surface area contributed by atoms with Crippen molar-refractivity contribution in [3.05, 3.63) is 5.73 Å². The van der Waals surface area contributed by atoms with Gasteiger partial charge in [0.15, 0.2) is 0 Å². The number of carbonyl (C=O) groups is 2. The van der Waals surface area contributed by atoms with Gasteiger partial charge < -0.3 is 20.5 Å². The number of hydrogen-bond acceptors (Lipinski definition) is 4.